The molecule has 0 saturated carbocycles. The standard InChI is InChI=1S/C24H17F3N2O4/c25-24(26,27)16-3-1-2-14(9-16)15-5-6-17-18(10-15)19(23(33)29-22(17)32)12-28-11-13-4-7-20(30)21(31)8-13/h1-10,12,28,30-31H,11H2,(H,29,32,33)/b19-12+. The molecule has 0 fully saturated rings. The normalized spacial score (nSPS) is 14.7. The first-order valence-corrected chi connectivity index (χ1v) is 9.75. The Morgan fingerprint density at radius 3 is 2.33 bits per heavy atom. The summed E-state index contributed by atoms with van der Waals surface area (Å²) in [7, 11) is 0. The molecule has 3 aromatic carbocycles. The van der Waals surface area contributed by atoms with Crippen molar-refractivity contribution in [2.75, 3.05) is 0 Å². The van der Waals surface area contributed by atoms with Crippen molar-refractivity contribution in [2.24, 2.45) is 0 Å². The van der Waals surface area contributed by atoms with Gasteiger partial charge in [0.05, 0.1) is 11.1 Å². The summed E-state index contributed by atoms with van der Waals surface area (Å²) in [4.78, 5) is 24.7. The molecule has 3 aromatic rings. The summed E-state index contributed by atoms with van der Waals surface area (Å²) in [6, 6.07) is 13.5. The number of alkyl halides is 3. The molecule has 0 unspecified atom stereocenters. The number of nitrogens with one attached hydrogen (secondary N) is 2. The third kappa shape index (κ3) is 4.52. The Balaban J connectivity index is 1.68. The predicted octanol–water partition coefficient (Wildman–Crippen LogP) is 4.18. The van der Waals surface area contributed by atoms with Crippen molar-refractivity contribution >= 4 is 17.4 Å². The number of amides is 2. The number of hydrogen-bond donors (Lipinski definition) is 4. The lowest BCUT2D eigenvalue weighted by Gasteiger charge is -2.20. The second kappa shape index (κ2) is 8.34. The average Bonchev–Trinajstić information content (AvgIpc) is 2.77. The zero-order chi connectivity index (χ0) is 23.8. The van der Waals surface area contributed by atoms with Gasteiger partial charge >= 0.3 is 6.18 Å². The summed E-state index contributed by atoms with van der Waals surface area (Å²) in [5.74, 6) is -1.82. The molecule has 4 rings (SSSR count). The summed E-state index contributed by atoms with van der Waals surface area (Å²) in [5.41, 5.74) is 1.13. The number of phenols is 2. The van der Waals surface area contributed by atoms with E-state index in [1.165, 1.54) is 48.7 Å². The topological polar surface area (TPSA) is 98.7 Å². The van der Waals surface area contributed by atoms with E-state index in [0.717, 1.165) is 12.1 Å². The van der Waals surface area contributed by atoms with Crippen LogP contribution in [0.5, 0.6) is 11.5 Å². The number of phenolic OH excluding ortho intramolecular Hbond substituents is 2. The van der Waals surface area contributed by atoms with E-state index >= 15 is 0 Å². The first-order valence-electron chi connectivity index (χ1n) is 9.75. The predicted molar refractivity (Wildman–Crippen MR) is 114 cm³/mol. The van der Waals surface area contributed by atoms with Gasteiger partial charge in [-0.15, -0.1) is 0 Å². The monoisotopic (exact) mass is 454 g/mol. The van der Waals surface area contributed by atoms with Crippen molar-refractivity contribution in [1.82, 2.24) is 10.6 Å². The highest BCUT2D eigenvalue weighted by molar-refractivity contribution is 6.31. The molecule has 0 bridgehead atoms. The Labute approximate surface area is 186 Å². The molecule has 1 aliphatic heterocycles. The van der Waals surface area contributed by atoms with Gasteiger partial charge in [-0.3, -0.25) is 14.9 Å². The van der Waals surface area contributed by atoms with E-state index in [0.29, 0.717) is 11.1 Å². The van der Waals surface area contributed by atoms with Gasteiger partial charge in [-0.2, -0.15) is 13.2 Å². The van der Waals surface area contributed by atoms with Crippen molar-refractivity contribution in [1.29, 1.82) is 0 Å². The molecule has 4 N–H and O–H groups in total. The number of fused-ring (bicyclic) bond motifs is 1. The maximum Gasteiger partial charge on any atom is 0.416 e. The van der Waals surface area contributed by atoms with E-state index in [2.05, 4.69) is 10.6 Å². The van der Waals surface area contributed by atoms with Crippen LogP contribution in [0.3, 0.4) is 0 Å². The van der Waals surface area contributed by atoms with E-state index in [9.17, 15) is 33.0 Å². The fourth-order valence-electron chi connectivity index (χ4n) is 3.47. The van der Waals surface area contributed by atoms with Crippen LogP contribution in [0.4, 0.5) is 13.2 Å². The van der Waals surface area contributed by atoms with Gasteiger partial charge in [0, 0.05) is 23.9 Å². The van der Waals surface area contributed by atoms with Gasteiger partial charge in [-0.25, -0.2) is 0 Å². The van der Waals surface area contributed by atoms with E-state index in [1.807, 2.05) is 0 Å². The van der Waals surface area contributed by atoms with Crippen LogP contribution in [0, 0.1) is 0 Å². The molecule has 0 aromatic heterocycles. The van der Waals surface area contributed by atoms with Crippen molar-refractivity contribution < 1.29 is 33.0 Å². The van der Waals surface area contributed by atoms with Crippen LogP contribution in [-0.2, 0) is 17.5 Å². The number of benzene rings is 3. The minimum absolute atomic E-state index is 0.126. The molecule has 168 valence electrons. The number of halogens is 3. The lowest BCUT2D eigenvalue weighted by molar-refractivity contribution is -0.137. The molecule has 33 heavy (non-hydrogen) atoms. The van der Waals surface area contributed by atoms with Crippen LogP contribution in [-0.4, -0.2) is 22.0 Å². The molecule has 0 spiro atoms. The van der Waals surface area contributed by atoms with E-state index in [4.69, 9.17) is 0 Å². The second-order valence-corrected chi connectivity index (χ2v) is 7.38. The van der Waals surface area contributed by atoms with Crippen molar-refractivity contribution in [3.05, 3.63) is 89.1 Å². The first-order chi connectivity index (χ1) is 15.6. The number of hydrogen-bond acceptors (Lipinski definition) is 5. The summed E-state index contributed by atoms with van der Waals surface area (Å²) >= 11 is 0. The fourth-order valence-corrected chi connectivity index (χ4v) is 3.47. The SMILES string of the molecule is O=C1NC(=O)c2ccc(-c3cccc(C(F)(F)F)c3)cc2/C1=C\NCc1ccc(O)c(O)c1. The van der Waals surface area contributed by atoms with Crippen LogP contribution in [0.1, 0.15) is 27.0 Å². The Morgan fingerprint density at radius 1 is 0.848 bits per heavy atom. The molecule has 0 atom stereocenters. The van der Waals surface area contributed by atoms with Gasteiger partial charge in [0.15, 0.2) is 11.5 Å². The minimum atomic E-state index is -4.50. The van der Waals surface area contributed by atoms with Crippen molar-refractivity contribution in [3.63, 3.8) is 0 Å². The average molecular weight is 454 g/mol. The third-order valence-electron chi connectivity index (χ3n) is 5.14. The molecule has 0 aliphatic carbocycles. The van der Waals surface area contributed by atoms with Gasteiger partial charge in [-0.1, -0.05) is 24.3 Å². The second-order valence-electron chi connectivity index (χ2n) is 7.38. The maximum atomic E-state index is 13.1. The molecule has 9 heteroatoms. The number of carbonyl (C=O) groups is 2. The largest absolute Gasteiger partial charge is 0.504 e. The lowest BCUT2D eigenvalue weighted by Crippen LogP contribution is -2.37. The highest BCUT2D eigenvalue weighted by Gasteiger charge is 2.31. The van der Waals surface area contributed by atoms with Gasteiger partial charge in [0.25, 0.3) is 11.8 Å². The Bertz CT molecular complexity index is 1300. The number of carbonyl (C=O) groups excluding carboxylic acids is 2. The van der Waals surface area contributed by atoms with E-state index in [1.54, 1.807) is 6.07 Å². The smallest absolute Gasteiger partial charge is 0.416 e. The zero-order valence-electron chi connectivity index (χ0n) is 16.9. The Morgan fingerprint density at radius 2 is 1.61 bits per heavy atom. The van der Waals surface area contributed by atoms with Crippen LogP contribution >= 0.6 is 0 Å². The fraction of sp³-hybridized carbons (Fsp3) is 0.0833. The Hall–Kier alpha value is -4.27. The zero-order valence-corrected chi connectivity index (χ0v) is 16.9. The van der Waals surface area contributed by atoms with Gasteiger partial charge in [-0.05, 0) is 53.1 Å². The van der Waals surface area contributed by atoms with Gasteiger partial charge < -0.3 is 15.5 Å². The van der Waals surface area contributed by atoms with Crippen LogP contribution in [0.2, 0.25) is 0 Å². The maximum absolute atomic E-state index is 13.1. The van der Waals surface area contributed by atoms with Crippen molar-refractivity contribution in [2.45, 2.75) is 12.7 Å². The van der Waals surface area contributed by atoms with E-state index in [-0.39, 0.29) is 40.3 Å². The molecule has 6 nitrogen and oxygen atoms in total. The van der Waals surface area contributed by atoms with Crippen LogP contribution in [0.25, 0.3) is 16.7 Å². The third-order valence-corrected chi connectivity index (χ3v) is 5.14. The van der Waals surface area contributed by atoms with Gasteiger partial charge in [0.1, 0.15) is 0 Å². The molecular formula is C24H17F3N2O4. The van der Waals surface area contributed by atoms with Gasteiger partial charge in [0.2, 0.25) is 0 Å². The minimum Gasteiger partial charge on any atom is -0.504 e. The van der Waals surface area contributed by atoms with E-state index < -0.39 is 23.6 Å². The van der Waals surface area contributed by atoms with Crippen molar-refractivity contribution in [3.8, 4) is 22.6 Å². The quantitative estimate of drug-likeness (QED) is 0.269. The molecule has 1 heterocycles. The van der Waals surface area contributed by atoms with Crippen LogP contribution in [0.15, 0.2) is 66.9 Å². The molecule has 0 saturated heterocycles. The molecular weight excluding hydrogens is 437 g/mol. The first kappa shape index (κ1) is 21.9. The summed E-state index contributed by atoms with van der Waals surface area (Å²) in [6.07, 6.45) is -3.11. The molecule has 2 amide bonds. The highest BCUT2D eigenvalue weighted by Crippen LogP contribution is 2.34. The number of imide groups is 1. The molecule has 0 radical (unpaired) electrons. The summed E-state index contributed by atoms with van der Waals surface area (Å²) in [5, 5.41) is 24.1. The highest BCUT2D eigenvalue weighted by atomic mass is 19.4. The number of aromatic hydroxyl groups is 2. The summed E-state index contributed by atoms with van der Waals surface area (Å²) in [6.45, 7) is 0.196. The summed E-state index contributed by atoms with van der Waals surface area (Å²) < 4.78 is 39.3. The Kier molecular flexibility index (Phi) is 5.55. The lowest BCUT2D eigenvalue weighted by atomic mass is 9.91. The number of rotatable bonds is 4. The molecule has 1 aliphatic rings. The van der Waals surface area contributed by atoms with Crippen LogP contribution < -0.4 is 10.6 Å².